The van der Waals surface area contributed by atoms with Gasteiger partial charge < -0.3 is 10.3 Å². The predicted molar refractivity (Wildman–Crippen MR) is 84.2 cm³/mol. The van der Waals surface area contributed by atoms with Gasteiger partial charge in [0.25, 0.3) is 0 Å². The van der Waals surface area contributed by atoms with E-state index in [9.17, 15) is 0 Å². The molecule has 3 nitrogen and oxygen atoms in total. The lowest BCUT2D eigenvalue weighted by molar-refractivity contribution is 0.376. The van der Waals surface area contributed by atoms with Crippen LogP contribution >= 0.6 is 11.6 Å². The molecule has 108 valence electrons. The van der Waals surface area contributed by atoms with Gasteiger partial charge in [0.05, 0.1) is 16.1 Å². The number of para-hydroxylation sites is 1. The lowest BCUT2D eigenvalue weighted by atomic mass is 9.86. The lowest BCUT2D eigenvalue weighted by Gasteiger charge is -2.26. The van der Waals surface area contributed by atoms with Crippen LogP contribution in [-0.4, -0.2) is 15.6 Å². The fraction of sp³-hybridized carbons (Fsp3) is 0.562. The summed E-state index contributed by atoms with van der Waals surface area (Å²) in [6.45, 7) is 3.18. The number of nitrogens with two attached hydrogens (primary N) is 1. The topological polar surface area (TPSA) is 43.8 Å². The molecule has 1 aromatic carbocycles. The van der Waals surface area contributed by atoms with Crippen molar-refractivity contribution in [1.29, 1.82) is 0 Å². The zero-order valence-electron chi connectivity index (χ0n) is 12.0. The zero-order valence-corrected chi connectivity index (χ0v) is 12.7. The van der Waals surface area contributed by atoms with E-state index in [1.54, 1.807) is 0 Å². The average Bonchev–Trinajstić information content (AvgIpc) is 2.80. The maximum atomic E-state index is 6.39. The summed E-state index contributed by atoms with van der Waals surface area (Å²) in [5.74, 6) is 1.74. The molecule has 4 heteroatoms. The van der Waals surface area contributed by atoms with E-state index in [0.717, 1.165) is 54.7 Å². The van der Waals surface area contributed by atoms with Gasteiger partial charge in [-0.05, 0) is 44.2 Å². The van der Waals surface area contributed by atoms with Crippen LogP contribution in [-0.2, 0) is 6.54 Å². The third-order valence-electron chi connectivity index (χ3n) is 4.33. The van der Waals surface area contributed by atoms with Crippen molar-refractivity contribution in [2.24, 2.45) is 5.73 Å². The molecule has 2 N–H and O–H groups in total. The molecule has 0 amide bonds. The number of aromatic nitrogens is 2. The number of hydrogen-bond donors (Lipinski definition) is 1. The molecule has 0 saturated heterocycles. The van der Waals surface area contributed by atoms with Gasteiger partial charge in [-0.1, -0.05) is 24.6 Å². The van der Waals surface area contributed by atoms with Crippen LogP contribution in [0.25, 0.3) is 11.0 Å². The Labute approximate surface area is 125 Å². The van der Waals surface area contributed by atoms with E-state index in [2.05, 4.69) is 17.6 Å². The Hall–Kier alpha value is -1.06. The van der Waals surface area contributed by atoms with Crippen LogP contribution in [0.2, 0.25) is 5.02 Å². The molecule has 1 heterocycles. The maximum Gasteiger partial charge on any atom is 0.113 e. The first-order valence-electron chi connectivity index (χ1n) is 7.61. The van der Waals surface area contributed by atoms with Crippen LogP contribution < -0.4 is 5.73 Å². The summed E-state index contributed by atoms with van der Waals surface area (Å²) >= 11 is 6.39. The Balaban J connectivity index is 2.05. The van der Waals surface area contributed by atoms with Crippen LogP contribution in [0.15, 0.2) is 18.2 Å². The van der Waals surface area contributed by atoms with Gasteiger partial charge >= 0.3 is 0 Å². The van der Waals surface area contributed by atoms with Crippen LogP contribution in [0.1, 0.15) is 50.8 Å². The molecule has 0 aliphatic heterocycles. The number of fused-ring (bicyclic) bond motifs is 1. The van der Waals surface area contributed by atoms with E-state index >= 15 is 0 Å². The maximum absolute atomic E-state index is 6.39. The third-order valence-corrected chi connectivity index (χ3v) is 4.64. The molecule has 1 aliphatic rings. The number of imidazole rings is 1. The van der Waals surface area contributed by atoms with E-state index in [0.29, 0.717) is 12.0 Å². The second-order valence-corrected chi connectivity index (χ2v) is 6.25. The van der Waals surface area contributed by atoms with Crippen molar-refractivity contribution in [1.82, 2.24) is 9.55 Å². The van der Waals surface area contributed by atoms with Crippen LogP contribution in [0.4, 0.5) is 0 Å². The third kappa shape index (κ3) is 2.45. The summed E-state index contributed by atoms with van der Waals surface area (Å²) in [7, 11) is 0. The molecule has 1 aromatic heterocycles. The van der Waals surface area contributed by atoms with E-state index in [1.807, 2.05) is 12.1 Å². The van der Waals surface area contributed by atoms with Gasteiger partial charge in [0.15, 0.2) is 0 Å². The molecule has 0 spiro atoms. The molecule has 0 bridgehead atoms. The summed E-state index contributed by atoms with van der Waals surface area (Å²) in [4.78, 5) is 4.88. The van der Waals surface area contributed by atoms with Crippen molar-refractivity contribution < 1.29 is 0 Å². The lowest BCUT2D eigenvalue weighted by Crippen LogP contribution is -2.26. The fourth-order valence-corrected chi connectivity index (χ4v) is 3.57. The predicted octanol–water partition coefficient (Wildman–Crippen LogP) is 4.08. The normalized spacial score (nSPS) is 23.4. The van der Waals surface area contributed by atoms with E-state index in [1.165, 1.54) is 5.82 Å². The molecule has 2 aromatic rings. The van der Waals surface area contributed by atoms with Gasteiger partial charge in [0.1, 0.15) is 5.82 Å². The molecule has 0 atom stereocenters. The van der Waals surface area contributed by atoms with Crippen LogP contribution in [0, 0.1) is 0 Å². The molecular formula is C16H22ClN3. The van der Waals surface area contributed by atoms with E-state index < -0.39 is 0 Å². The Bertz CT molecular complexity index is 597. The fourth-order valence-electron chi connectivity index (χ4n) is 3.30. The van der Waals surface area contributed by atoms with Crippen molar-refractivity contribution in [3.05, 3.63) is 29.0 Å². The second-order valence-electron chi connectivity index (χ2n) is 5.84. The minimum atomic E-state index is 0.374. The smallest absolute Gasteiger partial charge is 0.113 e. The standard InChI is InChI=1S/C16H22ClN3/c1-2-10-20-15-13(17)4-3-5-14(15)19-16(20)11-6-8-12(18)9-7-11/h3-5,11-12H,2,6-10,18H2,1H3. The monoisotopic (exact) mass is 291 g/mol. The number of benzene rings is 1. The molecule has 1 saturated carbocycles. The Morgan fingerprint density at radius 1 is 1.30 bits per heavy atom. The Kier molecular flexibility index (Phi) is 3.99. The SMILES string of the molecule is CCCn1c(C2CCC(N)CC2)nc2cccc(Cl)c21. The number of aryl methyl sites for hydroxylation is 1. The van der Waals surface area contributed by atoms with Crippen molar-refractivity contribution >= 4 is 22.6 Å². The minimum Gasteiger partial charge on any atom is -0.328 e. The molecule has 0 unspecified atom stereocenters. The summed E-state index contributed by atoms with van der Waals surface area (Å²) in [6, 6.07) is 6.37. The van der Waals surface area contributed by atoms with Gasteiger partial charge in [-0.15, -0.1) is 0 Å². The van der Waals surface area contributed by atoms with E-state index in [-0.39, 0.29) is 0 Å². The first kappa shape index (κ1) is 13.9. The highest BCUT2D eigenvalue weighted by Crippen LogP contribution is 2.35. The molecule has 3 rings (SSSR count). The number of rotatable bonds is 3. The van der Waals surface area contributed by atoms with Crippen molar-refractivity contribution in [2.45, 2.75) is 57.5 Å². The highest BCUT2D eigenvalue weighted by Gasteiger charge is 2.25. The zero-order chi connectivity index (χ0) is 14.1. The number of halogens is 1. The first-order valence-corrected chi connectivity index (χ1v) is 7.98. The molecule has 1 aliphatic carbocycles. The molecule has 20 heavy (non-hydrogen) atoms. The van der Waals surface area contributed by atoms with Crippen LogP contribution in [0.3, 0.4) is 0 Å². The average molecular weight is 292 g/mol. The Morgan fingerprint density at radius 2 is 2.05 bits per heavy atom. The van der Waals surface area contributed by atoms with Crippen molar-refractivity contribution in [3.63, 3.8) is 0 Å². The van der Waals surface area contributed by atoms with Crippen molar-refractivity contribution in [2.75, 3.05) is 0 Å². The number of hydrogen-bond acceptors (Lipinski definition) is 2. The largest absolute Gasteiger partial charge is 0.328 e. The highest BCUT2D eigenvalue weighted by molar-refractivity contribution is 6.35. The first-order chi connectivity index (χ1) is 9.70. The number of nitrogens with zero attached hydrogens (tertiary/aromatic N) is 2. The Morgan fingerprint density at radius 3 is 2.75 bits per heavy atom. The second kappa shape index (κ2) is 5.74. The highest BCUT2D eigenvalue weighted by atomic mass is 35.5. The quantitative estimate of drug-likeness (QED) is 0.926. The van der Waals surface area contributed by atoms with Crippen LogP contribution in [0.5, 0.6) is 0 Å². The van der Waals surface area contributed by atoms with E-state index in [4.69, 9.17) is 22.3 Å². The summed E-state index contributed by atoms with van der Waals surface area (Å²) < 4.78 is 2.33. The molecular weight excluding hydrogens is 270 g/mol. The van der Waals surface area contributed by atoms with Gasteiger partial charge in [-0.2, -0.15) is 0 Å². The van der Waals surface area contributed by atoms with Gasteiger partial charge in [-0.3, -0.25) is 0 Å². The summed E-state index contributed by atoms with van der Waals surface area (Å²) in [5.41, 5.74) is 8.14. The molecule has 1 fully saturated rings. The summed E-state index contributed by atoms with van der Waals surface area (Å²) in [5, 5.41) is 0.808. The van der Waals surface area contributed by atoms with Crippen molar-refractivity contribution in [3.8, 4) is 0 Å². The van der Waals surface area contributed by atoms with Gasteiger partial charge in [-0.25, -0.2) is 4.98 Å². The summed E-state index contributed by atoms with van der Waals surface area (Å²) in [6.07, 6.45) is 5.59. The van der Waals surface area contributed by atoms with Gasteiger partial charge in [0, 0.05) is 18.5 Å². The van der Waals surface area contributed by atoms with Gasteiger partial charge in [0.2, 0.25) is 0 Å². The molecule has 0 radical (unpaired) electrons. The minimum absolute atomic E-state index is 0.374.